The molecule has 0 unspecified atom stereocenters. The predicted molar refractivity (Wildman–Crippen MR) is 66.4 cm³/mol. The van der Waals surface area contributed by atoms with Gasteiger partial charge in [-0.1, -0.05) is 12.1 Å². The van der Waals surface area contributed by atoms with Gasteiger partial charge in [-0.25, -0.2) is 0 Å². The van der Waals surface area contributed by atoms with Gasteiger partial charge >= 0.3 is 0 Å². The van der Waals surface area contributed by atoms with Gasteiger partial charge in [-0.05, 0) is 41.9 Å². The summed E-state index contributed by atoms with van der Waals surface area (Å²) in [7, 11) is 0. The molecule has 1 heterocycles. The fraction of sp³-hybridized carbons (Fsp3) is 0.500. The Bertz CT molecular complexity index is 336. The molecule has 82 valence electrons. The van der Waals surface area contributed by atoms with Gasteiger partial charge in [-0.3, -0.25) is 0 Å². The minimum atomic E-state index is 0.498. The minimum Gasteiger partial charge on any atom is -0.377 e. The third-order valence-corrected chi connectivity index (χ3v) is 3.37. The van der Waals surface area contributed by atoms with E-state index in [1.807, 2.05) is 6.07 Å². The Labute approximate surface area is 99.4 Å². The van der Waals surface area contributed by atoms with Crippen LogP contribution in [-0.2, 0) is 4.74 Å². The largest absolute Gasteiger partial charge is 0.377 e. The van der Waals surface area contributed by atoms with Crippen LogP contribution in [0.3, 0.4) is 0 Å². The molecule has 1 aliphatic heterocycles. The number of halogens is 1. The van der Waals surface area contributed by atoms with Gasteiger partial charge in [0.05, 0.1) is 24.9 Å². The van der Waals surface area contributed by atoms with E-state index in [0.29, 0.717) is 12.1 Å². The summed E-state index contributed by atoms with van der Waals surface area (Å²) < 4.78 is 6.43. The van der Waals surface area contributed by atoms with E-state index in [0.717, 1.165) is 17.7 Å². The van der Waals surface area contributed by atoms with Crippen molar-refractivity contribution in [3.8, 4) is 0 Å². The highest BCUT2D eigenvalue weighted by molar-refractivity contribution is 9.10. The molecule has 1 aromatic carbocycles. The van der Waals surface area contributed by atoms with E-state index in [-0.39, 0.29) is 0 Å². The number of hydrogen-bond donors (Lipinski definition) is 0. The van der Waals surface area contributed by atoms with Crippen LogP contribution in [0, 0.1) is 0 Å². The maximum absolute atomic E-state index is 5.27. The molecule has 3 heteroatoms. The maximum atomic E-state index is 5.27. The lowest BCUT2D eigenvalue weighted by atomic mass is 10.1. The second-order valence-corrected chi connectivity index (χ2v) is 5.00. The molecule has 2 rings (SSSR count). The van der Waals surface area contributed by atoms with Gasteiger partial charge in [0.1, 0.15) is 0 Å². The number of para-hydroxylation sites is 1. The Morgan fingerprint density at radius 3 is 2.47 bits per heavy atom. The van der Waals surface area contributed by atoms with Gasteiger partial charge in [-0.15, -0.1) is 0 Å². The monoisotopic (exact) mass is 269 g/mol. The summed E-state index contributed by atoms with van der Waals surface area (Å²) in [4.78, 5) is 2.42. The van der Waals surface area contributed by atoms with Crippen molar-refractivity contribution in [2.24, 2.45) is 0 Å². The SMILES string of the molecule is CC(C)N(c1ccccc1Br)C1COC1. The van der Waals surface area contributed by atoms with Crippen molar-refractivity contribution in [2.75, 3.05) is 18.1 Å². The quantitative estimate of drug-likeness (QED) is 0.837. The highest BCUT2D eigenvalue weighted by Gasteiger charge is 2.28. The third kappa shape index (κ3) is 2.18. The van der Waals surface area contributed by atoms with E-state index < -0.39 is 0 Å². The van der Waals surface area contributed by atoms with Crippen LogP contribution in [0.1, 0.15) is 13.8 Å². The molecule has 1 aliphatic rings. The van der Waals surface area contributed by atoms with Crippen LogP contribution in [-0.4, -0.2) is 25.3 Å². The van der Waals surface area contributed by atoms with Crippen molar-refractivity contribution in [3.63, 3.8) is 0 Å². The molecule has 0 aliphatic carbocycles. The van der Waals surface area contributed by atoms with E-state index in [1.165, 1.54) is 5.69 Å². The van der Waals surface area contributed by atoms with E-state index in [4.69, 9.17) is 4.74 Å². The van der Waals surface area contributed by atoms with Crippen molar-refractivity contribution in [2.45, 2.75) is 25.9 Å². The average Bonchev–Trinajstić information content (AvgIpc) is 2.12. The topological polar surface area (TPSA) is 12.5 Å². The fourth-order valence-corrected chi connectivity index (χ4v) is 2.43. The van der Waals surface area contributed by atoms with Gasteiger partial charge in [0, 0.05) is 10.5 Å². The van der Waals surface area contributed by atoms with Crippen molar-refractivity contribution >= 4 is 21.6 Å². The zero-order valence-electron chi connectivity index (χ0n) is 9.11. The lowest BCUT2D eigenvalue weighted by molar-refractivity contribution is 0.00573. The van der Waals surface area contributed by atoms with E-state index in [9.17, 15) is 0 Å². The van der Waals surface area contributed by atoms with E-state index >= 15 is 0 Å². The predicted octanol–water partition coefficient (Wildman–Crippen LogP) is 3.06. The van der Waals surface area contributed by atoms with Crippen LogP contribution in [0.4, 0.5) is 5.69 Å². The first kappa shape index (κ1) is 11.0. The summed E-state index contributed by atoms with van der Waals surface area (Å²) in [6, 6.07) is 9.40. The normalized spacial score (nSPS) is 16.5. The van der Waals surface area contributed by atoms with Crippen LogP contribution in [0.25, 0.3) is 0 Å². The average molecular weight is 270 g/mol. The standard InChI is InChI=1S/C12H16BrNO/c1-9(2)14(10-7-15-8-10)12-6-4-3-5-11(12)13/h3-6,9-10H,7-8H2,1-2H3. The first-order valence-corrected chi connectivity index (χ1v) is 6.10. The van der Waals surface area contributed by atoms with Crippen LogP contribution >= 0.6 is 15.9 Å². The summed E-state index contributed by atoms with van der Waals surface area (Å²) in [6.07, 6.45) is 0. The molecule has 1 aromatic rings. The Kier molecular flexibility index (Phi) is 3.32. The number of nitrogens with zero attached hydrogens (tertiary/aromatic N) is 1. The summed E-state index contributed by atoms with van der Waals surface area (Å²) in [5, 5.41) is 0. The lowest BCUT2D eigenvalue weighted by Crippen LogP contribution is -2.52. The molecule has 1 fully saturated rings. The molecular formula is C12H16BrNO. The third-order valence-electron chi connectivity index (χ3n) is 2.70. The van der Waals surface area contributed by atoms with Crippen molar-refractivity contribution in [1.82, 2.24) is 0 Å². The number of anilines is 1. The molecule has 0 spiro atoms. The summed E-state index contributed by atoms with van der Waals surface area (Å²) >= 11 is 3.60. The van der Waals surface area contributed by atoms with Crippen molar-refractivity contribution < 1.29 is 4.74 Å². The molecular weight excluding hydrogens is 254 g/mol. The Morgan fingerprint density at radius 1 is 1.33 bits per heavy atom. The zero-order chi connectivity index (χ0) is 10.8. The molecule has 0 amide bonds. The van der Waals surface area contributed by atoms with Crippen LogP contribution < -0.4 is 4.90 Å². The summed E-state index contributed by atoms with van der Waals surface area (Å²) in [6.45, 7) is 6.13. The van der Waals surface area contributed by atoms with E-state index in [1.54, 1.807) is 0 Å². The molecule has 0 atom stereocenters. The van der Waals surface area contributed by atoms with Crippen molar-refractivity contribution in [1.29, 1.82) is 0 Å². The van der Waals surface area contributed by atoms with Gasteiger partial charge in [-0.2, -0.15) is 0 Å². The second-order valence-electron chi connectivity index (χ2n) is 4.14. The van der Waals surface area contributed by atoms with Crippen LogP contribution in [0.2, 0.25) is 0 Å². The molecule has 0 radical (unpaired) electrons. The molecule has 15 heavy (non-hydrogen) atoms. The van der Waals surface area contributed by atoms with Crippen LogP contribution in [0.5, 0.6) is 0 Å². The first-order valence-electron chi connectivity index (χ1n) is 5.30. The molecule has 0 aromatic heterocycles. The number of hydrogen-bond acceptors (Lipinski definition) is 2. The molecule has 2 nitrogen and oxygen atoms in total. The minimum absolute atomic E-state index is 0.498. The molecule has 0 bridgehead atoms. The lowest BCUT2D eigenvalue weighted by Gasteiger charge is -2.42. The molecule has 1 saturated heterocycles. The number of rotatable bonds is 3. The summed E-state index contributed by atoms with van der Waals surface area (Å²) in [5.41, 5.74) is 1.26. The maximum Gasteiger partial charge on any atom is 0.0760 e. The van der Waals surface area contributed by atoms with Crippen LogP contribution in [0.15, 0.2) is 28.7 Å². The molecule has 0 N–H and O–H groups in total. The number of benzene rings is 1. The number of ether oxygens (including phenoxy) is 1. The Balaban J connectivity index is 2.27. The second kappa shape index (κ2) is 4.54. The molecule has 0 saturated carbocycles. The first-order chi connectivity index (χ1) is 7.20. The van der Waals surface area contributed by atoms with Gasteiger partial charge < -0.3 is 9.64 Å². The fourth-order valence-electron chi connectivity index (χ4n) is 1.94. The van der Waals surface area contributed by atoms with Gasteiger partial charge in [0.25, 0.3) is 0 Å². The smallest absolute Gasteiger partial charge is 0.0760 e. The van der Waals surface area contributed by atoms with Gasteiger partial charge in [0.15, 0.2) is 0 Å². The highest BCUT2D eigenvalue weighted by Crippen LogP contribution is 2.30. The Morgan fingerprint density at radius 2 is 2.00 bits per heavy atom. The van der Waals surface area contributed by atoms with Crippen molar-refractivity contribution in [3.05, 3.63) is 28.7 Å². The van der Waals surface area contributed by atoms with Gasteiger partial charge in [0.2, 0.25) is 0 Å². The Hall–Kier alpha value is -0.540. The summed E-state index contributed by atoms with van der Waals surface area (Å²) in [5.74, 6) is 0. The highest BCUT2D eigenvalue weighted by atomic mass is 79.9. The van der Waals surface area contributed by atoms with E-state index in [2.05, 4.69) is 52.9 Å². The zero-order valence-corrected chi connectivity index (χ0v) is 10.7.